The maximum Gasteiger partial charge on any atom is 0.274 e. The maximum atomic E-state index is 13.4. The molecular weight excluding hydrogens is 438 g/mol. The molecule has 2 aliphatic rings. The van der Waals surface area contributed by atoms with Crippen LogP contribution in [0.2, 0.25) is 0 Å². The number of hydrogen-bond acceptors (Lipinski definition) is 7. The first kappa shape index (κ1) is 23.6. The minimum absolute atomic E-state index is 0.0342. The van der Waals surface area contributed by atoms with Gasteiger partial charge in [0.15, 0.2) is 5.82 Å². The summed E-state index contributed by atoms with van der Waals surface area (Å²) >= 11 is 0. The predicted octanol–water partition coefficient (Wildman–Crippen LogP) is 3.21. The van der Waals surface area contributed by atoms with Crippen molar-refractivity contribution in [1.29, 1.82) is 0 Å². The van der Waals surface area contributed by atoms with Crippen LogP contribution in [0.5, 0.6) is 0 Å². The Bertz CT molecular complexity index is 1090. The zero-order valence-corrected chi connectivity index (χ0v) is 19.4. The first-order valence-electron chi connectivity index (χ1n) is 11.8. The number of likely N-dealkylation sites (tertiary alicyclic amines) is 2. The zero-order valence-electron chi connectivity index (χ0n) is 19.4. The van der Waals surface area contributed by atoms with Crippen molar-refractivity contribution in [2.24, 2.45) is 0 Å². The fourth-order valence-corrected chi connectivity index (χ4v) is 4.61. The molecule has 10 nitrogen and oxygen atoms in total. The highest BCUT2D eigenvalue weighted by atomic mass is 16.6. The Labute approximate surface area is 198 Å². The fourth-order valence-electron chi connectivity index (χ4n) is 4.61. The first-order valence-corrected chi connectivity index (χ1v) is 11.8. The quantitative estimate of drug-likeness (QED) is 0.472. The number of carbonyl (C=O) groups is 2. The number of aryl methyl sites for hydroxylation is 1. The Morgan fingerprint density at radius 1 is 1.18 bits per heavy atom. The van der Waals surface area contributed by atoms with Crippen molar-refractivity contribution in [3.05, 3.63) is 52.2 Å². The average Bonchev–Trinajstić information content (AvgIpc) is 3.44. The van der Waals surface area contributed by atoms with Crippen molar-refractivity contribution in [3.63, 3.8) is 0 Å². The number of anilines is 1. The molecule has 1 aromatic heterocycles. The number of nitrogens with zero attached hydrogens (tertiary/aromatic N) is 3. The summed E-state index contributed by atoms with van der Waals surface area (Å²) in [7, 11) is 0. The molecular formula is C24H31N5O5. The van der Waals surface area contributed by atoms with Gasteiger partial charge in [-0.15, -0.1) is 0 Å². The second-order valence-corrected chi connectivity index (χ2v) is 8.96. The van der Waals surface area contributed by atoms with Crippen molar-refractivity contribution in [3.8, 4) is 0 Å². The van der Waals surface area contributed by atoms with Gasteiger partial charge in [-0.2, -0.15) is 0 Å². The van der Waals surface area contributed by atoms with E-state index >= 15 is 0 Å². The van der Waals surface area contributed by atoms with Gasteiger partial charge in [0.2, 0.25) is 11.8 Å². The van der Waals surface area contributed by atoms with Crippen LogP contribution in [0, 0.1) is 17.0 Å². The van der Waals surface area contributed by atoms with E-state index in [4.69, 9.17) is 4.42 Å². The van der Waals surface area contributed by atoms with Crippen LogP contribution in [0.1, 0.15) is 44.3 Å². The van der Waals surface area contributed by atoms with Crippen molar-refractivity contribution in [1.82, 2.24) is 15.1 Å². The lowest BCUT2D eigenvalue weighted by molar-refractivity contribution is -0.403. The average molecular weight is 470 g/mol. The van der Waals surface area contributed by atoms with Crippen LogP contribution in [-0.2, 0) is 9.59 Å². The van der Waals surface area contributed by atoms with Gasteiger partial charge in [-0.25, -0.2) is 0 Å². The Kier molecular flexibility index (Phi) is 7.34. The second kappa shape index (κ2) is 10.6. The molecule has 1 unspecified atom stereocenters. The summed E-state index contributed by atoms with van der Waals surface area (Å²) in [4.78, 5) is 40.2. The lowest BCUT2D eigenvalue weighted by atomic mass is 10.0. The number of furan rings is 1. The van der Waals surface area contributed by atoms with Crippen molar-refractivity contribution < 1.29 is 18.9 Å². The Balaban J connectivity index is 1.49. The Hall–Kier alpha value is -3.56. The summed E-state index contributed by atoms with van der Waals surface area (Å²) in [6, 6.07) is 6.62. The maximum absolute atomic E-state index is 13.4. The van der Waals surface area contributed by atoms with E-state index in [-0.39, 0.29) is 24.2 Å². The zero-order chi connectivity index (χ0) is 24.1. The number of hydrogen-bond donors (Lipinski definition) is 2. The highest BCUT2D eigenvalue weighted by Crippen LogP contribution is 2.23. The van der Waals surface area contributed by atoms with Gasteiger partial charge in [-0.1, -0.05) is 12.8 Å². The number of fused-ring (bicyclic) bond motifs is 1. The molecule has 10 heteroatoms. The summed E-state index contributed by atoms with van der Waals surface area (Å²) in [5.74, 6) is 0.654. The molecule has 2 N–H and O–H groups in total. The van der Waals surface area contributed by atoms with Gasteiger partial charge in [-0.3, -0.25) is 19.7 Å². The van der Waals surface area contributed by atoms with E-state index in [1.807, 2.05) is 24.0 Å². The molecule has 34 heavy (non-hydrogen) atoms. The van der Waals surface area contributed by atoms with Gasteiger partial charge in [0, 0.05) is 30.7 Å². The monoisotopic (exact) mass is 469 g/mol. The van der Waals surface area contributed by atoms with E-state index in [9.17, 15) is 19.7 Å². The summed E-state index contributed by atoms with van der Waals surface area (Å²) in [5, 5.41) is 18.3. The van der Waals surface area contributed by atoms with Crippen LogP contribution in [0.4, 0.5) is 5.69 Å². The van der Waals surface area contributed by atoms with Crippen molar-refractivity contribution >= 4 is 28.5 Å². The molecule has 0 saturated carbocycles. The second-order valence-electron chi connectivity index (χ2n) is 8.96. The largest absolute Gasteiger partial charge is 0.461 e. The summed E-state index contributed by atoms with van der Waals surface area (Å²) in [6.07, 6.45) is 5.94. The molecule has 0 radical (unpaired) electrons. The van der Waals surface area contributed by atoms with E-state index in [1.165, 1.54) is 0 Å². The highest BCUT2D eigenvalue weighted by Gasteiger charge is 2.30. The molecule has 2 amide bonds. The van der Waals surface area contributed by atoms with Gasteiger partial charge in [0.1, 0.15) is 17.4 Å². The van der Waals surface area contributed by atoms with Gasteiger partial charge in [-0.05, 0) is 56.9 Å². The van der Waals surface area contributed by atoms with Crippen LogP contribution >= 0.6 is 0 Å². The van der Waals surface area contributed by atoms with Gasteiger partial charge < -0.3 is 24.9 Å². The smallest absolute Gasteiger partial charge is 0.274 e. The van der Waals surface area contributed by atoms with E-state index in [0.29, 0.717) is 18.7 Å². The van der Waals surface area contributed by atoms with Crippen LogP contribution in [-0.4, -0.2) is 58.8 Å². The number of amides is 2. The van der Waals surface area contributed by atoms with E-state index in [1.54, 1.807) is 17.0 Å². The van der Waals surface area contributed by atoms with E-state index in [0.717, 1.165) is 68.1 Å². The molecule has 0 bridgehead atoms. The van der Waals surface area contributed by atoms with Gasteiger partial charge >= 0.3 is 0 Å². The molecule has 2 fully saturated rings. The van der Waals surface area contributed by atoms with Crippen LogP contribution < -0.4 is 10.6 Å². The molecule has 2 aliphatic heterocycles. The summed E-state index contributed by atoms with van der Waals surface area (Å²) < 4.78 is 5.59. The number of nitrogens with one attached hydrogen (secondary N) is 2. The normalized spacial score (nSPS) is 19.7. The number of carbonyl (C=O) groups excluding carboxylic acids is 2. The fraction of sp³-hybridized carbons (Fsp3) is 0.500. The third-order valence-corrected chi connectivity index (χ3v) is 6.30. The SMILES string of the molecule is Cc1cc2cc(NC(=C[N+](=O)[O-])NC3CCCCCN(CC(=O)N4CCCC4)C3=O)ccc2o1. The van der Waals surface area contributed by atoms with Crippen LogP contribution in [0.25, 0.3) is 11.0 Å². The molecule has 1 atom stereocenters. The lowest BCUT2D eigenvalue weighted by Gasteiger charge is -2.31. The number of benzene rings is 1. The molecule has 3 heterocycles. The van der Waals surface area contributed by atoms with E-state index < -0.39 is 11.0 Å². The predicted molar refractivity (Wildman–Crippen MR) is 127 cm³/mol. The van der Waals surface area contributed by atoms with Crippen molar-refractivity contribution in [2.45, 2.75) is 51.5 Å². The summed E-state index contributed by atoms with van der Waals surface area (Å²) in [6.45, 7) is 3.89. The molecule has 0 spiro atoms. The third-order valence-electron chi connectivity index (χ3n) is 6.30. The number of nitro groups is 1. The Morgan fingerprint density at radius 3 is 2.71 bits per heavy atom. The van der Waals surface area contributed by atoms with Crippen molar-refractivity contribution in [2.75, 3.05) is 31.5 Å². The van der Waals surface area contributed by atoms with Crippen LogP contribution in [0.3, 0.4) is 0 Å². The topological polar surface area (TPSA) is 121 Å². The molecule has 1 aromatic carbocycles. The third kappa shape index (κ3) is 5.86. The van der Waals surface area contributed by atoms with E-state index in [2.05, 4.69) is 10.6 Å². The summed E-state index contributed by atoms with van der Waals surface area (Å²) in [5.41, 5.74) is 1.36. The lowest BCUT2D eigenvalue weighted by Crippen LogP contribution is -2.51. The standard InChI is InChI=1S/C24H31N5O5/c1-17-13-18-14-19(8-9-21(18)34-17)25-22(15-29(32)33)26-20-7-3-2-4-12-28(24(20)31)16-23(30)27-10-5-6-11-27/h8-9,13-15,20,25-26H,2-7,10-12,16H2,1H3. The minimum atomic E-state index is -0.662. The molecule has 4 rings (SSSR count). The highest BCUT2D eigenvalue weighted by molar-refractivity contribution is 5.88. The first-order chi connectivity index (χ1) is 16.4. The van der Waals surface area contributed by atoms with Crippen LogP contribution in [0.15, 0.2) is 40.7 Å². The molecule has 2 saturated heterocycles. The molecule has 0 aliphatic carbocycles. The van der Waals surface area contributed by atoms with Gasteiger partial charge in [0.05, 0.1) is 11.5 Å². The molecule has 2 aromatic rings. The minimum Gasteiger partial charge on any atom is -0.461 e. The Morgan fingerprint density at radius 2 is 1.94 bits per heavy atom. The number of rotatable bonds is 7. The molecule has 182 valence electrons. The van der Waals surface area contributed by atoms with Gasteiger partial charge in [0.25, 0.3) is 6.20 Å².